The number of amides is 1. The van der Waals surface area contributed by atoms with Gasteiger partial charge in [-0.3, -0.25) is 4.79 Å². The lowest BCUT2D eigenvalue weighted by Crippen LogP contribution is -2.45. The van der Waals surface area contributed by atoms with Gasteiger partial charge < -0.3 is 9.80 Å². The van der Waals surface area contributed by atoms with Crippen molar-refractivity contribution in [1.29, 1.82) is 5.26 Å². The monoisotopic (exact) mass is 376 g/mol. The zero-order chi connectivity index (χ0) is 20.4. The van der Waals surface area contributed by atoms with Gasteiger partial charge in [-0.2, -0.15) is 5.26 Å². The summed E-state index contributed by atoms with van der Waals surface area (Å²) in [5.41, 5.74) is 2.55. The third-order valence-corrected chi connectivity index (χ3v) is 5.40. The van der Waals surface area contributed by atoms with Crippen LogP contribution in [0.3, 0.4) is 0 Å². The summed E-state index contributed by atoms with van der Waals surface area (Å²) in [5, 5.41) is 12.7. The van der Waals surface area contributed by atoms with E-state index in [1.807, 2.05) is 60.7 Å². The highest BCUT2D eigenvalue weighted by Gasteiger charge is 2.19. The number of rotatable bonds is 9. The second kappa shape index (κ2) is 10.4. The second-order valence-corrected chi connectivity index (χ2v) is 7.18. The van der Waals surface area contributed by atoms with Crippen molar-refractivity contribution in [3.05, 3.63) is 77.4 Å². The summed E-state index contributed by atoms with van der Waals surface area (Å²) < 4.78 is 0.982. The number of nitrogens with one attached hydrogen (secondary N) is 1. The summed E-state index contributed by atoms with van der Waals surface area (Å²) in [7, 11) is 2.23. The van der Waals surface area contributed by atoms with Crippen LogP contribution in [0.4, 0.5) is 0 Å². The smallest absolute Gasteiger partial charge is 0.262 e. The van der Waals surface area contributed by atoms with E-state index in [4.69, 9.17) is 0 Å². The Morgan fingerprint density at radius 1 is 0.964 bits per heavy atom. The maximum atomic E-state index is 12.8. The Labute approximate surface area is 168 Å². The first-order chi connectivity index (χ1) is 13.5. The average Bonchev–Trinajstić information content (AvgIpc) is 2.75. The summed E-state index contributed by atoms with van der Waals surface area (Å²) in [6.07, 6.45) is 0.884. The van der Waals surface area contributed by atoms with Crippen LogP contribution in [0.15, 0.2) is 66.2 Å². The number of hydrogen-bond acceptors (Lipinski definition) is 2. The fraction of sp³-hybridized carbons (Fsp3) is 0.333. The van der Waals surface area contributed by atoms with Crippen LogP contribution in [-0.4, -0.2) is 43.6 Å². The fourth-order valence-electron chi connectivity index (χ4n) is 3.18. The predicted molar refractivity (Wildman–Crippen MR) is 114 cm³/mol. The molecule has 0 unspecified atom stereocenters. The van der Waals surface area contributed by atoms with E-state index in [9.17, 15) is 10.1 Å². The van der Waals surface area contributed by atoms with Gasteiger partial charge in [-0.15, -0.1) is 0 Å². The van der Waals surface area contributed by atoms with E-state index in [1.54, 1.807) is 0 Å². The number of quaternary nitrogens is 1. The molecule has 146 valence electrons. The summed E-state index contributed by atoms with van der Waals surface area (Å²) in [5.74, 6) is -0.313. The Hall–Kier alpha value is -2.90. The highest BCUT2D eigenvalue weighted by atomic mass is 16.1. The van der Waals surface area contributed by atoms with Gasteiger partial charge in [0.2, 0.25) is 0 Å². The van der Waals surface area contributed by atoms with Crippen molar-refractivity contribution >= 4 is 11.5 Å². The van der Waals surface area contributed by atoms with Crippen LogP contribution in [0.25, 0.3) is 5.57 Å². The molecule has 0 atom stereocenters. The molecule has 0 aliphatic heterocycles. The van der Waals surface area contributed by atoms with Gasteiger partial charge in [0.05, 0.1) is 26.7 Å². The van der Waals surface area contributed by atoms with Crippen LogP contribution in [0, 0.1) is 11.3 Å². The van der Waals surface area contributed by atoms with Crippen molar-refractivity contribution in [2.24, 2.45) is 0 Å². The molecule has 28 heavy (non-hydrogen) atoms. The van der Waals surface area contributed by atoms with Gasteiger partial charge >= 0.3 is 0 Å². The summed E-state index contributed by atoms with van der Waals surface area (Å²) in [6.45, 7) is 8.08. The molecule has 2 aromatic rings. The minimum absolute atomic E-state index is 0.153. The molecule has 0 aliphatic carbocycles. The first-order valence-electron chi connectivity index (χ1n) is 9.91. The lowest BCUT2D eigenvalue weighted by Gasteiger charge is -2.32. The minimum Gasteiger partial charge on any atom is -0.351 e. The minimum atomic E-state index is -0.313. The molecule has 0 saturated carbocycles. The number of nitriles is 1. The Morgan fingerprint density at radius 3 is 1.89 bits per heavy atom. The highest BCUT2D eigenvalue weighted by Crippen LogP contribution is 2.26. The number of benzene rings is 2. The first-order valence-corrected chi connectivity index (χ1v) is 9.91. The van der Waals surface area contributed by atoms with E-state index in [1.165, 1.54) is 0 Å². The van der Waals surface area contributed by atoms with Crippen molar-refractivity contribution < 1.29 is 9.28 Å². The lowest BCUT2D eigenvalue weighted by molar-refractivity contribution is -0.906. The quantitative estimate of drug-likeness (QED) is 0.311. The molecule has 0 heterocycles. The van der Waals surface area contributed by atoms with E-state index in [0.29, 0.717) is 12.1 Å². The molecule has 0 bridgehead atoms. The zero-order valence-electron chi connectivity index (χ0n) is 17.1. The van der Waals surface area contributed by atoms with E-state index in [-0.39, 0.29) is 11.5 Å². The maximum Gasteiger partial charge on any atom is 0.262 e. The molecule has 1 N–H and O–H groups in total. The molecule has 0 aliphatic rings. The summed E-state index contributed by atoms with van der Waals surface area (Å²) in [4.78, 5) is 12.8. The maximum absolute atomic E-state index is 12.8. The highest BCUT2D eigenvalue weighted by molar-refractivity contribution is 6.07. The largest absolute Gasteiger partial charge is 0.351 e. The van der Waals surface area contributed by atoms with Crippen molar-refractivity contribution in [2.75, 3.05) is 33.2 Å². The topological polar surface area (TPSA) is 52.9 Å². The van der Waals surface area contributed by atoms with Crippen LogP contribution >= 0.6 is 0 Å². The number of carbonyl (C=O) groups is 1. The van der Waals surface area contributed by atoms with Gasteiger partial charge in [-0.05, 0) is 25.0 Å². The molecule has 4 heteroatoms. The van der Waals surface area contributed by atoms with Crippen LogP contribution < -0.4 is 5.32 Å². The van der Waals surface area contributed by atoms with Crippen LogP contribution in [-0.2, 0) is 4.79 Å². The normalized spacial score (nSPS) is 10.8. The molecule has 4 nitrogen and oxygen atoms in total. The third-order valence-electron chi connectivity index (χ3n) is 5.40. The van der Waals surface area contributed by atoms with Gasteiger partial charge in [-0.1, -0.05) is 60.7 Å². The van der Waals surface area contributed by atoms with Crippen LogP contribution in [0.5, 0.6) is 0 Å². The van der Waals surface area contributed by atoms with Crippen molar-refractivity contribution in [3.8, 4) is 6.07 Å². The Balaban J connectivity index is 2.23. The van der Waals surface area contributed by atoms with Gasteiger partial charge in [0, 0.05) is 18.5 Å². The molecule has 0 aromatic heterocycles. The molecule has 2 rings (SSSR count). The summed E-state index contributed by atoms with van der Waals surface area (Å²) >= 11 is 0. The molecule has 0 radical (unpaired) electrons. The van der Waals surface area contributed by atoms with Crippen molar-refractivity contribution in [3.63, 3.8) is 0 Å². The Bertz CT molecular complexity index is 790. The van der Waals surface area contributed by atoms with E-state index in [0.717, 1.165) is 41.7 Å². The Morgan fingerprint density at radius 2 is 1.46 bits per heavy atom. The van der Waals surface area contributed by atoms with Crippen LogP contribution in [0.1, 0.15) is 31.4 Å². The van der Waals surface area contributed by atoms with E-state index in [2.05, 4.69) is 32.3 Å². The molecule has 1 amide bonds. The van der Waals surface area contributed by atoms with Crippen molar-refractivity contribution in [1.82, 2.24) is 5.32 Å². The lowest BCUT2D eigenvalue weighted by atomic mass is 9.93. The second-order valence-electron chi connectivity index (χ2n) is 7.18. The Kier molecular flexibility index (Phi) is 7.98. The van der Waals surface area contributed by atoms with Crippen LogP contribution in [0.2, 0.25) is 0 Å². The van der Waals surface area contributed by atoms with Gasteiger partial charge in [-0.25, -0.2) is 0 Å². The molecular formula is C24H30N3O+. The third kappa shape index (κ3) is 5.55. The molecular weight excluding hydrogens is 346 g/mol. The number of carbonyl (C=O) groups excluding carboxylic acids is 1. The molecule has 0 fully saturated rings. The predicted octanol–water partition coefficient (Wildman–Crippen LogP) is 4.00. The fourth-order valence-corrected chi connectivity index (χ4v) is 3.18. The van der Waals surface area contributed by atoms with Crippen molar-refractivity contribution in [2.45, 2.75) is 20.3 Å². The van der Waals surface area contributed by atoms with E-state index < -0.39 is 0 Å². The molecule has 0 saturated heterocycles. The molecule has 0 spiro atoms. The number of nitrogens with zero attached hydrogens (tertiary/aromatic N) is 2. The number of hydrogen-bond donors (Lipinski definition) is 1. The van der Waals surface area contributed by atoms with E-state index >= 15 is 0 Å². The zero-order valence-corrected chi connectivity index (χ0v) is 17.1. The van der Waals surface area contributed by atoms with Gasteiger partial charge in [0.25, 0.3) is 5.91 Å². The van der Waals surface area contributed by atoms with Gasteiger partial charge in [0.1, 0.15) is 11.6 Å². The standard InChI is InChI=1S/C24H29N3O/c1-4-27(3,5-2)18-12-17-26-24(28)22(19-25)23(20-13-8-6-9-14-20)21-15-10-7-11-16-21/h6-11,13-16H,4-5,12,17-18H2,1-3H3/p+1. The molecule has 2 aromatic carbocycles. The van der Waals surface area contributed by atoms with Gasteiger partial charge in [0.15, 0.2) is 0 Å². The average molecular weight is 377 g/mol. The first kappa shape index (κ1) is 21.4. The summed E-state index contributed by atoms with van der Waals surface area (Å²) in [6, 6.07) is 21.4. The SMILES string of the molecule is CC[N+](C)(CC)CCCNC(=O)C(C#N)=C(c1ccccc1)c1ccccc1.